The number of carbonyl (C=O) groups is 1. The van der Waals surface area contributed by atoms with E-state index in [4.69, 9.17) is 23.2 Å². The summed E-state index contributed by atoms with van der Waals surface area (Å²) in [6.07, 6.45) is 0.903. The van der Waals surface area contributed by atoms with Gasteiger partial charge in [0.05, 0.1) is 6.04 Å². The molecule has 1 aliphatic heterocycles. The Hall–Kier alpha value is -1.23. The number of amides is 1. The van der Waals surface area contributed by atoms with Crippen molar-refractivity contribution < 1.29 is 4.79 Å². The van der Waals surface area contributed by atoms with Gasteiger partial charge in [0.2, 0.25) is 0 Å². The van der Waals surface area contributed by atoms with Gasteiger partial charge in [-0.15, -0.1) is 11.8 Å². The Kier molecular flexibility index (Phi) is 4.38. The zero-order valence-electron chi connectivity index (χ0n) is 11.0. The molecule has 1 N–H and O–H groups in total. The molecule has 3 rings (SSSR count). The van der Waals surface area contributed by atoms with E-state index in [2.05, 4.69) is 22.4 Å². The fourth-order valence-electron chi connectivity index (χ4n) is 2.33. The lowest BCUT2D eigenvalue weighted by molar-refractivity contribution is 0.0935. The van der Waals surface area contributed by atoms with Crippen molar-refractivity contribution in [2.75, 3.05) is 5.75 Å². The summed E-state index contributed by atoms with van der Waals surface area (Å²) in [5.74, 6) is 0.799. The lowest BCUT2D eigenvalue weighted by atomic mass is 10.0. The Morgan fingerprint density at radius 2 is 1.95 bits per heavy atom. The molecule has 1 aromatic carbocycles. The maximum atomic E-state index is 12.4. The molecule has 0 aliphatic carbocycles. The summed E-state index contributed by atoms with van der Waals surface area (Å²) in [6, 6.07) is 11.2. The minimum Gasteiger partial charge on any atom is -0.345 e. The third-order valence-corrected chi connectivity index (χ3v) is 4.80. The summed E-state index contributed by atoms with van der Waals surface area (Å²) in [5, 5.41) is 3.48. The van der Waals surface area contributed by atoms with Crippen LogP contribution in [0.1, 0.15) is 28.4 Å². The van der Waals surface area contributed by atoms with Crippen LogP contribution >= 0.6 is 35.0 Å². The van der Waals surface area contributed by atoms with Gasteiger partial charge in [-0.25, -0.2) is 4.98 Å². The van der Waals surface area contributed by atoms with Gasteiger partial charge in [-0.2, -0.15) is 0 Å². The average molecular weight is 339 g/mol. The largest absolute Gasteiger partial charge is 0.345 e. The van der Waals surface area contributed by atoms with E-state index in [1.54, 1.807) is 0 Å². The standard InChI is InChI=1S/C15H12Cl2N2OS/c16-13-7-9(8-14(17)19-13)15(20)18-11-5-6-21-12-4-2-1-3-10(11)12/h1-4,7-8,11H,5-6H2,(H,18,20). The predicted octanol–water partition coefficient (Wildman–Crippen LogP) is 4.36. The van der Waals surface area contributed by atoms with Crippen LogP contribution in [0.5, 0.6) is 0 Å². The Morgan fingerprint density at radius 3 is 2.71 bits per heavy atom. The molecule has 2 heterocycles. The molecule has 1 unspecified atom stereocenters. The summed E-state index contributed by atoms with van der Waals surface area (Å²) in [7, 11) is 0. The third kappa shape index (κ3) is 3.34. The number of thioether (sulfide) groups is 1. The van der Waals surface area contributed by atoms with Gasteiger partial charge in [-0.05, 0) is 30.2 Å². The number of pyridine rings is 1. The van der Waals surface area contributed by atoms with E-state index in [1.807, 2.05) is 23.9 Å². The highest BCUT2D eigenvalue weighted by molar-refractivity contribution is 7.99. The molecule has 6 heteroatoms. The highest BCUT2D eigenvalue weighted by Gasteiger charge is 2.22. The van der Waals surface area contributed by atoms with E-state index in [1.165, 1.54) is 17.0 Å². The number of nitrogens with zero attached hydrogens (tertiary/aromatic N) is 1. The normalized spacial score (nSPS) is 17.1. The van der Waals surface area contributed by atoms with E-state index >= 15 is 0 Å². The predicted molar refractivity (Wildman–Crippen MR) is 86.2 cm³/mol. The molecule has 0 radical (unpaired) electrons. The van der Waals surface area contributed by atoms with Crippen molar-refractivity contribution in [2.24, 2.45) is 0 Å². The number of hydrogen-bond acceptors (Lipinski definition) is 3. The zero-order chi connectivity index (χ0) is 14.8. The fourth-order valence-corrected chi connectivity index (χ4v) is 3.92. The van der Waals surface area contributed by atoms with E-state index < -0.39 is 0 Å². The van der Waals surface area contributed by atoms with Crippen LogP contribution in [-0.4, -0.2) is 16.6 Å². The van der Waals surface area contributed by atoms with Crippen molar-refractivity contribution in [3.05, 3.63) is 57.8 Å². The highest BCUT2D eigenvalue weighted by Crippen LogP contribution is 2.35. The lowest BCUT2D eigenvalue weighted by Gasteiger charge is -2.25. The smallest absolute Gasteiger partial charge is 0.251 e. The summed E-state index contributed by atoms with van der Waals surface area (Å²) >= 11 is 13.5. The Balaban J connectivity index is 1.82. The molecule has 21 heavy (non-hydrogen) atoms. The fraction of sp³-hybridized carbons (Fsp3) is 0.200. The van der Waals surface area contributed by atoms with Gasteiger partial charge in [0.15, 0.2) is 0 Å². The monoisotopic (exact) mass is 338 g/mol. The van der Waals surface area contributed by atoms with Gasteiger partial charge in [0.25, 0.3) is 5.91 Å². The average Bonchev–Trinajstić information content (AvgIpc) is 2.46. The molecule has 0 saturated carbocycles. The van der Waals surface area contributed by atoms with Crippen molar-refractivity contribution in [1.82, 2.24) is 10.3 Å². The first kappa shape index (κ1) is 14.7. The lowest BCUT2D eigenvalue weighted by Crippen LogP contribution is -2.30. The van der Waals surface area contributed by atoms with E-state index in [-0.39, 0.29) is 22.3 Å². The number of hydrogen-bond donors (Lipinski definition) is 1. The maximum Gasteiger partial charge on any atom is 0.251 e. The highest BCUT2D eigenvalue weighted by atomic mass is 35.5. The summed E-state index contributed by atoms with van der Waals surface area (Å²) in [4.78, 5) is 17.4. The number of nitrogens with one attached hydrogen (secondary N) is 1. The second-order valence-electron chi connectivity index (χ2n) is 4.70. The Morgan fingerprint density at radius 1 is 1.24 bits per heavy atom. The molecule has 108 valence electrons. The minimum atomic E-state index is -0.187. The van der Waals surface area contributed by atoms with E-state index in [9.17, 15) is 4.79 Å². The first-order chi connectivity index (χ1) is 10.1. The number of benzene rings is 1. The molecule has 1 amide bonds. The maximum absolute atomic E-state index is 12.4. The first-order valence-electron chi connectivity index (χ1n) is 6.49. The second kappa shape index (κ2) is 6.26. The quantitative estimate of drug-likeness (QED) is 0.827. The molecular weight excluding hydrogens is 327 g/mol. The molecule has 1 aliphatic rings. The molecule has 0 bridgehead atoms. The Labute approximate surface area is 137 Å². The number of rotatable bonds is 2. The summed E-state index contributed by atoms with van der Waals surface area (Å²) in [6.45, 7) is 0. The second-order valence-corrected chi connectivity index (χ2v) is 6.61. The molecular formula is C15H12Cl2N2OS. The summed E-state index contributed by atoms with van der Waals surface area (Å²) in [5.41, 5.74) is 1.59. The van der Waals surface area contributed by atoms with E-state index in [0.29, 0.717) is 5.56 Å². The number of aromatic nitrogens is 1. The van der Waals surface area contributed by atoms with Crippen LogP contribution in [0.25, 0.3) is 0 Å². The van der Waals surface area contributed by atoms with Crippen molar-refractivity contribution in [3.8, 4) is 0 Å². The van der Waals surface area contributed by atoms with Crippen LogP contribution in [0.3, 0.4) is 0 Å². The molecule has 3 nitrogen and oxygen atoms in total. The molecule has 2 aromatic rings. The molecule has 0 saturated heterocycles. The zero-order valence-corrected chi connectivity index (χ0v) is 13.3. The molecule has 1 atom stereocenters. The van der Waals surface area contributed by atoms with E-state index in [0.717, 1.165) is 17.7 Å². The van der Waals surface area contributed by atoms with Crippen molar-refractivity contribution in [3.63, 3.8) is 0 Å². The number of halogens is 2. The first-order valence-corrected chi connectivity index (χ1v) is 8.23. The minimum absolute atomic E-state index is 0.0145. The van der Waals surface area contributed by atoms with Crippen LogP contribution < -0.4 is 5.32 Å². The number of carbonyl (C=O) groups excluding carboxylic acids is 1. The molecule has 1 aromatic heterocycles. The van der Waals surface area contributed by atoms with Crippen molar-refractivity contribution in [1.29, 1.82) is 0 Å². The van der Waals surface area contributed by atoms with Gasteiger partial charge in [0, 0.05) is 16.2 Å². The van der Waals surface area contributed by atoms with Gasteiger partial charge < -0.3 is 5.32 Å². The molecule has 0 fully saturated rings. The van der Waals surface area contributed by atoms with Gasteiger partial charge >= 0.3 is 0 Å². The van der Waals surface area contributed by atoms with Crippen molar-refractivity contribution in [2.45, 2.75) is 17.4 Å². The van der Waals surface area contributed by atoms with Crippen molar-refractivity contribution >= 4 is 40.9 Å². The molecule has 0 spiro atoms. The Bertz CT molecular complexity index is 673. The van der Waals surface area contributed by atoms with Crippen LogP contribution in [0.4, 0.5) is 0 Å². The van der Waals surface area contributed by atoms with Crippen LogP contribution in [0, 0.1) is 0 Å². The number of fused-ring (bicyclic) bond motifs is 1. The third-order valence-electron chi connectivity index (χ3n) is 3.29. The van der Waals surface area contributed by atoms with Crippen LogP contribution in [0.15, 0.2) is 41.3 Å². The summed E-state index contributed by atoms with van der Waals surface area (Å²) < 4.78 is 0. The topological polar surface area (TPSA) is 42.0 Å². The SMILES string of the molecule is O=C(NC1CCSc2ccccc21)c1cc(Cl)nc(Cl)c1. The van der Waals surface area contributed by atoms with Crippen LogP contribution in [0.2, 0.25) is 10.3 Å². The van der Waals surface area contributed by atoms with Crippen LogP contribution in [-0.2, 0) is 0 Å². The van der Waals surface area contributed by atoms with Gasteiger partial charge in [0.1, 0.15) is 10.3 Å². The van der Waals surface area contributed by atoms with Gasteiger partial charge in [-0.3, -0.25) is 4.79 Å². The van der Waals surface area contributed by atoms with Gasteiger partial charge in [-0.1, -0.05) is 41.4 Å².